The number of fused-ring (bicyclic) bond motifs is 1. The number of aromatic nitrogens is 3. The van der Waals surface area contributed by atoms with Gasteiger partial charge in [-0.25, -0.2) is 0 Å². The van der Waals surface area contributed by atoms with Gasteiger partial charge in [-0.15, -0.1) is 0 Å². The van der Waals surface area contributed by atoms with Gasteiger partial charge in [-0.3, -0.25) is 14.5 Å². The third-order valence-electron chi connectivity index (χ3n) is 3.54. The van der Waals surface area contributed by atoms with Gasteiger partial charge in [0.25, 0.3) is 0 Å². The number of hydrogen-bond donors (Lipinski definition) is 0. The van der Waals surface area contributed by atoms with Gasteiger partial charge in [-0.1, -0.05) is 24.3 Å². The first-order chi connectivity index (χ1) is 10.2. The molecule has 0 aliphatic rings. The second-order valence-corrected chi connectivity index (χ2v) is 5.04. The third-order valence-corrected chi connectivity index (χ3v) is 3.54. The molecule has 0 aliphatic heterocycles. The number of hydrogen-bond acceptors (Lipinski definition) is 3. The number of rotatable bonds is 4. The molecule has 0 radical (unpaired) electrons. The number of aryl methyl sites for hydroxylation is 2. The molecule has 4 nitrogen and oxygen atoms in total. The van der Waals surface area contributed by atoms with Crippen LogP contribution < -0.4 is 0 Å². The molecule has 3 rings (SSSR count). The number of nitrogens with zero attached hydrogens (tertiary/aromatic N) is 3. The van der Waals surface area contributed by atoms with E-state index in [9.17, 15) is 4.79 Å². The molecule has 0 saturated heterocycles. The molecule has 0 aliphatic carbocycles. The van der Waals surface area contributed by atoms with Crippen LogP contribution in [0.1, 0.15) is 28.8 Å². The lowest BCUT2D eigenvalue weighted by molar-refractivity contribution is 0.0987. The van der Waals surface area contributed by atoms with E-state index in [-0.39, 0.29) is 12.2 Å². The molecule has 106 valence electrons. The summed E-state index contributed by atoms with van der Waals surface area (Å²) in [6.07, 6.45) is 0.282. The summed E-state index contributed by atoms with van der Waals surface area (Å²) in [6, 6.07) is 13.5. The molecule has 3 aromatic rings. The highest BCUT2D eigenvalue weighted by Crippen LogP contribution is 2.19. The van der Waals surface area contributed by atoms with Crippen LogP contribution in [0, 0.1) is 6.92 Å². The summed E-state index contributed by atoms with van der Waals surface area (Å²) in [5.74, 6) is 0.00482. The summed E-state index contributed by atoms with van der Waals surface area (Å²) < 4.78 is 1.93. The average Bonchev–Trinajstić information content (AvgIpc) is 2.85. The minimum absolute atomic E-state index is 0.00482. The number of carbonyl (C=O) groups excluding carboxylic acids is 1. The van der Waals surface area contributed by atoms with Crippen molar-refractivity contribution in [3.63, 3.8) is 0 Å². The Morgan fingerprint density at radius 3 is 2.71 bits per heavy atom. The molecule has 21 heavy (non-hydrogen) atoms. The second kappa shape index (κ2) is 5.48. The normalized spacial score (nSPS) is 11.0. The Bertz CT molecular complexity index is 805. The summed E-state index contributed by atoms with van der Waals surface area (Å²) in [4.78, 5) is 16.7. The standard InChI is InChI=1S/C17H17N3O/c1-3-20-16-10-5-4-8-13(16)15(19-20)11-17(21)14-9-6-7-12(2)18-14/h4-10H,3,11H2,1-2H3. The van der Waals surface area contributed by atoms with Crippen molar-refractivity contribution in [1.29, 1.82) is 0 Å². The average molecular weight is 279 g/mol. The molecular formula is C17H17N3O. The Morgan fingerprint density at radius 1 is 1.14 bits per heavy atom. The van der Waals surface area contributed by atoms with Crippen molar-refractivity contribution in [2.45, 2.75) is 26.8 Å². The predicted molar refractivity (Wildman–Crippen MR) is 82.4 cm³/mol. The second-order valence-electron chi connectivity index (χ2n) is 5.04. The summed E-state index contributed by atoms with van der Waals surface area (Å²) in [5.41, 5.74) is 3.25. The number of para-hydroxylation sites is 1. The molecule has 0 fully saturated rings. The van der Waals surface area contributed by atoms with Crippen molar-refractivity contribution in [2.24, 2.45) is 0 Å². The molecule has 1 aromatic carbocycles. The maximum atomic E-state index is 12.4. The summed E-state index contributed by atoms with van der Waals surface area (Å²) in [7, 11) is 0. The van der Waals surface area contributed by atoms with Gasteiger partial charge in [0.2, 0.25) is 0 Å². The highest BCUT2D eigenvalue weighted by Gasteiger charge is 2.15. The maximum Gasteiger partial charge on any atom is 0.187 e. The Balaban J connectivity index is 1.97. The molecule has 0 atom stereocenters. The first kappa shape index (κ1) is 13.5. The minimum Gasteiger partial charge on any atom is -0.292 e. The van der Waals surface area contributed by atoms with E-state index in [1.54, 1.807) is 6.07 Å². The lowest BCUT2D eigenvalue weighted by Crippen LogP contribution is -2.08. The molecule has 0 bridgehead atoms. The molecular weight excluding hydrogens is 262 g/mol. The smallest absolute Gasteiger partial charge is 0.187 e. The quantitative estimate of drug-likeness (QED) is 0.689. The lowest BCUT2D eigenvalue weighted by Gasteiger charge is -2.00. The van der Waals surface area contributed by atoms with Gasteiger partial charge < -0.3 is 0 Å². The molecule has 2 aromatic heterocycles. The van der Waals surface area contributed by atoms with Crippen molar-refractivity contribution in [3.05, 3.63) is 59.5 Å². The molecule has 0 saturated carbocycles. The maximum absolute atomic E-state index is 12.4. The Labute approximate surface area is 123 Å². The fourth-order valence-corrected chi connectivity index (χ4v) is 2.51. The molecule has 0 N–H and O–H groups in total. The number of Topliss-reactive ketones (excluding diaryl/α,β-unsaturated/α-hetero) is 1. The van der Waals surface area contributed by atoms with E-state index in [0.29, 0.717) is 5.69 Å². The SMILES string of the molecule is CCn1nc(CC(=O)c2cccc(C)n2)c2ccccc21. The molecule has 2 heterocycles. The van der Waals surface area contributed by atoms with Crippen molar-refractivity contribution in [2.75, 3.05) is 0 Å². The van der Waals surface area contributed by atoms with Crippen molar-refractivity contribution >= 4 is 16.7 Å². The van der Waals surface area contributed by atoms with E-state index in [4.69, 9.17) is 0 Å². The first-order valence-electron chi connectivity index (χ1n) is 7.10. The van der Waals surface area contributed by atoms with Crippen LogP contribution in [-0.4, -0.2) is 20.5 Å². The Morgan fingerprint density at radius 2 is 1.95 bits per heavy atom. The molecule has 0 amide bonds. The van der Waals surface area contributed by atoms with Gasteiger partial charge in [-0.2, -0.15) is 5.10 Å². The van der Waals surface area contributed by atoms with Gasteiger partial charge in [0, 0.05) is 17.6 Å². The largest absolute Gasteiger partial charge is 0.292 e. The van der Waals surface area contributed by atoms with Crippen LogP contribution in [0.3, 0.4) is 0 Å². The predicted octanol–water partition coefficient (Wildman–Crippen LogP) is 3.19. The van der Waals surface area contributed by atoms with Crippen LogP contribution in [-0.2, 0) is 13.0 Å². The highest BCUT2D eigenvalue weighted by atomic mass is 16.1. The van der Waals surface area contributed by atoms with Crippen molar-refractivity contribution in [3.8, 4) is 0 Å². The van der Waals surface area contributed by atoms with Gasteiger partial charge in [0.1, 0.15) is 5.69 Å². The van der Waals surface area contributed by atoms with Crippen LogP contribution >= 0.6 is 0 Å². The van der Waals surface area contributed by atoms with Crippen LogP contribution in [0.4, 0.5) is 0 Å². The van der Waals surface area contributed by atoms with Gasteiger partial charge >= 0.3 is 0 Å². The van der Waals surface area contributed by atoms with Crippen LogP contribution in [0.5, 0.6) is 0 Å². The van der Waals surface area contributed by atoms with Crippen LogP contribution in [0.25, 0.3) is 10.9 Å². The monoisotopic (exact) mass is 279 g/mol. The van der Waals surface area contributed by atoms with E-state index in [1.165, 1.54) is 0 Å². The molecule has 0 spiro atoms. The van der Waals surface area contributed by atoms with E-state index in [1.807, 2.05) is 54.9 Å². The topological polar surface area (TPSA) is 47.8 Å². The van der Waals surface area contributed by atoms with E-state index >= 15 is 0 Å². The lowest BCUT2D eigenvalue weighted by atomic mass is 10.1. The van der Waals surface area contributed by atoms with E-state index in [0.717, 1.165) is 28.8 Å². The Hall–Kier alpha value is -2.49. The van der Waals surface area contributed by atoms with Gasteiger partial charge in [-0.05, 0) is 32.0 Å². The van der Waals surface area contributed by atoms with Gasteiger partial charge in [0.05, 0.1) is 17.6 Å². The highest BCUT2D eigenvalue weighted by molar-refractivity contribution is 5.98. The van der Waals surface area contributed by atoms with Gasteiger partial charge in [0.15, 0.2) is 5.78 Å². The Kier molecular flexibility index (Phi) is 3.52. The summed E-state index contributed by atoms with van der Waals surface area (Å²) >= 11 is 0. The number of pyridine rings is 1. The zero-order valence-electron chi connectivity index (χ0n) is 12.2. The van der Waals surface area contributed by atoms with Crippen LogP contribution in [0.15, 0.2) is 42.5 Å². The number of ketones is 1. The minimum atomic E-state index is 0.00482. The third kappa shape index (κ3) is 2.57. The number of benzene rings is 1. The summed E-state index contributed by atoms with van der Waals surface area (Å²) in [6.45, 7) is 4.72. The van der Waals surface area contributed by atoms with Crippen molar-refractivity contribution in [1.82, 2.24) is 14.8 Å². The van der Waals surface area contributed by atoms with Crippen molar-refractivity contribution < 1.29 is 4.79 Å². The zero-order valence-corrected chi connectivity index (χ0v) is 12.2. The zero-order chi connectivity index (χ0) is 14.8. The van der Waals surface area contributed by atoms with E-state index < -0.39 is 0 Å². The molecule has 4 heteroatoms. The van der Waals surface area contributed by atoms with E-state index in [2.05, 4.69) is 10.1 Å². The fraction of sp³-hybridized carbons (Fsp3) is 0.235. The fourth-order valence-electron chi connectivity index (χ4n) is 2.51. The first-order valence-corrected chi connectivity index (χ1v) is 7.10. The molecule has 0 unspecified atom stereocenters. The van der Waals surface area contributed by atoms with Crippen LogP contribution in [0.2, 0.25) is 0 Å². The number of carbonyl (C=O) groups is 1. The summed E-state index contributed by atoms with van der Waals surface area (Å²) in [5, 5.41) is 5.61.